The maximum atomic E-state index is 12.5. The molecule has 3 fully saturated rings. The Balaban J connectivity index is 1.50. The van der Waals surface area contributed by atoms with Crippen LogP contribution in [0, 0.1) is 6.92 Å². The van der Waals surface area contributed by atoms with E-state index in [0.29, 0.717) is 0 Å². The summed E-state index contributed by atoms with van der Waals surface area (Å²) in [6.45, 7) is 5.18. The van der Waals surface area contributed by atoms with E-state index < -0.39 is 0 Å². The second kappa shape index (κ2) is 6.22. The van der Waals surface area contributed by atoms with E-state index >= 15 is 0 Å². The van der Waals surface area contributed by atoms with Crippen molar-refractivity contribution in [1.29, 1.82) is 0 Å². The number of hydrogen-bond acceptors (Lipinski definition) is 4. The van der Waals surface area contributed by atoms with Gasteiger partial charge in [-0.25, -0.2) is 4.79 Å². The summed E-state index contributed by atoms with van der Waals surface area (Å²) < 4.78 is 5.90. The van der Waals surface area contributed by atoms with Crippen molar-refractivity contribution in [3.8, 4) is 10.4 Å². The van der Waals surface area contributed by atoms with Gasteiger partial charge in [-0.1, -0.05) is 30.3 Å². The summed E-state index contributed by atoms with van der Waals surface area (Å²) in [5.41, 5.74) is 1.71. The molecule has 1 N–H and O–H groups in total. The predicted molar refractivity (Wildman–Crippen MR) is 97.6 cm³/mol. The monoisotopic (exact) mass is 342 g/mol. The number of benzene rings is 1. The van der Waals surface area contributed by atoms with Crippen LogP contribution < -0.4 is 5.32 Å². The van der Waals surface area contributed by atoms with Gasteiger partial charge in [0, 0.05) is 43.8 Å². The fraction of sp³-hybridized carbons (Fsp3) is 0.421. The summed E-state index contributed by atoms with van der Waals surface area (Å²) in [6.07, 6.45) is 2.54. The minimum Gasteiger partial charge on any atom is -0.443 e. The minimum atomic E-state index is -0.319. The molecule has 0 spiro atoms. The van der Waals surface area contributed by atoms with E-state index in [4.69, 9.17) is 4.74 Å². The van der Waals surface area contributed by atoms with Gasteiger partial charge >= 0.3 is 6.09 Å². The molecule has 4 nitrogen and oxygen atoms in total. The normalized spacial score (nSPS) is 25.5. The van der Waals surface area contributed by atoms with E-state index in [9.17, 15) is 4.79 Å². The molecule has 0 radical (unpaired) electrons. The minimum absolute atomic E-state index is 0.253. The largest absolute Gasteiger partial charge is 0.443 e. The number of aryl methyl sites for hydroxylation is 1. The molecule has 1 amide bonds. The maximum Gasteiger partial charge on any atom is 0.412 e. The highest BCUT2D eigenvalue weighted by atomic mass is 32.1. The van der Waals surface area contributed by atoms with Gasteiger partial charge in [0.05, 0.1) is 10.6 Å². The molecule has 0 saturated carbocycles. The Kier molecular flexibility index (Phi) is 4.06. The van der Waals surface area contributed by atoms with Crippen LogP contribution in [0.4, 0.5) is 10.5 Å². The zero-order valence-electron chi connectivity index (χ0n) is 13.9. The van der Waals surface area contributed by atoms with Gasteiger partial charge in [-0.2, -0.15) is 0 Å². The summed E-state index contributed by atoms with van der Waals surface area (Å²) >= 11 is 1.69. The number of ether oxygens (including phenoxy) is 1. The first-order valence-electron chi connectivity index (χ1n) is 8.52. The Hall–Kier alpha value is -1.85. The summed E-state index contributed by atoms with van der Waals surface area (Å²) in [5, 5.41) is 2.99. The van der Waals surface area contributed by atoms with Crippen molar-refractivity contribution in [2.24, 2.45) is 0 Å². The summed E-state index contributed by atoms with van der Waals surface area (Å²) in [7, 11) is 0. The van der Waals surface area contributed by atoms with Gasteiger partial charge in [0.2, 0.25) is 0 Å². The van der Waals surface area contributed by atoms with E-state index in [0.717, 1.165) is 55.0 Å². The molecule has 3 saturated heterocycles. The Labute approximate surface area is 146 Å². The molecule has 0 unspecified atom stereocenters. The average Bonchev–Trinajstić information content (AvgIpc) is 2.97. The van der Waals surface area contributed by atoms with Crippen molar-refractivity contribution in [3.05, 3.63) is 41.3 Å². The second-order valence-electron chi connectivity index (χ2n) is 6.76. The molecule has 3 aliphatic rings. The molecule has 2 aromatic rings. The van der Waals surface area contributed by atoms with Gasteiger partial charge in [0.1, 0.15) is 5.60 Å². The van der Waals surface area contributed by atoms with Gasteiger partial charge in [-0.05, 0) is 18.6 Å². The number of anilines is 1. The number of fused-ring (bicyclic) bond motifs is 3. The maximum absolute atomic E-state index is 12.5. The van der Waals surface area contributed by atoms with Crippen LogP contribution >= 0.6 is 11.3 Å². The molecule has 0 aliphatic carbocycles. The van der Waals surface area contributed by atoms with Crippen LogP contribution in [0.25, 0.3) is 10.4 Å². The van der Waals surface area contributed by atoms with Crippen molar-refractivity contribution in [1.82, 2.24) is 4.90 Å². The zero-order chi connectivity index (χ0) is 16.6. The third-order valence-corrected chi connectivity index (χ3v) is 6.19. The number of piperidine rings is 3. The third-order valence-electron chi connectivity index (χ3n) is 5.09. The van der Waals surface area contributed by atoms with Gasteiger partial charge in [0.25, 0.3) is 0 Å². The Bertz CT molecular complexity index is 719. The van der Waals surface area contributed by atoms with Crippen LogP contribution in [0.1, 0.15) is 24.1 Å². The molecular formula is C19H22N2O2S. The van der Waals surface area contributed by atoms with Crippen molar-refractivity contribution in [3.63, 3.8) is 0 Å². The summed E-state index contributed by atoms with van der Waals surface area (Å²) in [4.78, 5) is 17.2. The van der Waals surface area contributed by atoms with E-state index in [-0.39, 0.29) is 11.7 Å². The van der Waals surface area contributed by atoms with Crippen LogP contribution in [0.2, 0.25) is 0 Å². The highest BCUT2D eigenvalue weighted by Crippen LogP contribution is 2.38. The molecule has 2 bridgehead atoms. The molecular weight excluding hydrogens is 320 g/mol. The first-order chi connectivity index (χ1) is 11.6. The molecule has 5 heteroatoms. The molecule has 5 rings (SSSR count). The van der Waals surface area contributed by atoms with Crippen LogP contribution in [-0.4, -0.2) is 36.2 Å². The summed E-state index contributed by atoms with van der Waals surface area (Å²) in [5.74, 6) is 0. The standard InChI is InChI=1S/C19H22N2O2S/c1-14-13-16(17(24-14)15-5-3-2-4-6-15)20-18(22)23-19-7-10-21(11-8-19)12-9-19/h2-6,13H,7-12H2,1H3,(H,20,22). The number of thiophene rings is 1. The third kappa shape index (κ3) is 3.06. The SMILES string of the molecule is Cc1cc(NC(=O)OC23CCN(CC2)CC3)c(-c2ccccc2)s1. The van der Waals surface area contributed by atoms with E-state index in [1.54, 1.807) is 11.3 Å². The Morgan fingerprint density at radius 3 is 2.50 bits per heavy atom. The van der Waals surface area contributed by atoms with Crippen molar-refractivity contribution < 1.29 is 9.53 Å². The number of nitrogens with one attached hydrogen (secondary N) is 1. The number of carbonyl (C=O) groups is 1. The molecule has 3 aliphatic heterocycles. The molecule has 0 atom stereocenters. The van der Waals surface area contributed by atoms with Crippen LogP contribution in [0.3, 0.4) is 0 Å². The average molecular weight is 342 g/mol. The smallest absolute Gasteiger partial charge is 0.412 e. The van der Waals surface area contributed by atoms with Crippen molar-refractivity contribution in [2.45, 2.75) is 31.8 Å². The van der Waals surface area contributed by atoms with Crippen LogP contribution in [-0.2, 0) is 4.74 Å². The van der Waals surface area contributed by atoms with Crippen molar-refractivity contribution >= 4 is 23.1 Å². The highest BCUT2D eigenvalue weighted by Gasteiger charge is 2.42. The molecule has 126 valence electrons. The lowest BCUT2D eigenvalue weighted by Crippen LogP contribution is -2.54. The van der Waals surface area contributed by atoms with E-state index in [2.05, 4.69) is 29.3 Å². The van der Waals surface area contributed by atoms with E-state index in [1.165, 1.54) is 4.88 Å². The van der Waals surface area contributed by atoms with Crippen molar-refractivity contribution in [2.75, 3.05) is 25.0 Å². The topological polar surface area (TPSA) is 41.6 Å². The Morgan fingerprint density at radius 2 is 1.83 bits per heavy atom. The fourth-order valence-corrected chi connectivity index (χ4v) is 4.66. The second-order valence-corrected chi connectivity index (χ2v) is 8.01. The quantitative estimate of drug-likeness (QED) is 0.892. The van der Waals surface area contributed by atoms with Gasteiger partial charge in [0.15, 0.2) is 0 Å². The molecule has 1 aromatic carbocycles. The highest BCUT2D eigenvalue weighted by molar-refractivity contribution is 7.16. The lowest BCUT2D eigenvalue weighted by atomic mass is 9.83. The van der Waals surface area contributed by atoms with Gasteiger partial charge in [-0.3, -0.25) is 5.32 Å². The molecule has 24 heavy (non-hydrogen) atoms. The first kappa shape index (κ1) is 15.7. The zero-order valence-corrected chi connectivity index (χ0v) is 14.7. The van der Waals surface area contributed by atoms with Gasteiger partial charge in [-0.15, -0.1) is 11.3 Å². The number of hydrogen-bond donors (Lipinski definition) is 1. The van der Waals surface area contributed by atoms with Crippen LogP contribution in [0.15, 0.2) is 36.4 Å². The number of rotatable bonds is 3. The lowest BCUT2D eigenvalue weighted by Gasteiger charge is -2.47. The van der Waals surface area contributed by atoms with Crippen LogP contribution in [0.5, 0.6) is 0 Å². The summed E-state index contributed by atoms with van der Waals surface area (Å²) in [6, 6.07) is 12.2. The Morgan fingerprint density at radius 1 is 1.17 bits per heavy atom. The molecule has 4 heterocycles. The number of carbonyl (C=O) groups excluding carboxylic acids is 1. The lowest BCUT2D eigenvalue weighted by molar-refractivity contribution is -0.0742. The first-order valence-corrected chi connectivity index (χ1v) is 9.33. The predicted octanol–water partition coefficient (Wildman–Crippen LogP) is 4.51. The van der Waals surface area contributed by atoms with E-state index in [1.807, 2.05) is 24.3 Å². The number of nitrogens with zero attached hydrogens (tertiary/aromatic N) is 1. The molecule has 1 aromatic heterocycles. The number of amides is 1. The fourth-order valence-electron chi connectivity index (χ4n) is 3.69. The van der Waals surface area contributed by atoms with Gasteiger partial charge < -0.3 is 9.64 Å².